The van der Waals surface area contributed by atoms with Gasteiger partial charge in [-0.05, 0) is 30.9 Å². The summed E-state index contributed by atoms with van der Waals surface area (Å²) < 4.78 is 5.23. The van der Waals surface area contributed by atoms with Gasteiger partial charge in [-0.3, -0.25) is 4.79 Å². The third-order valence-electron chi connectivity index (χ3n) is 6.29. The minimum absolute atomic E-state index is 0.0374. The Labute approximate surface area is 182 Å². The van der Waals surface area contributed by atoms with Crippen LogP contribution in [0.25, 0.3) is 0 Å². The van der Waals surface area contributed by atoms with Gasteiger partial charge in [0.1, 0.15) is 11.6 Å². The molecule has 4 rings (SSSR count). The number of hydrogen-bond donors (Lipinski definition) is 2. The summed E-state index contributed by atoms with van der Waals surface area (Å²) in [6.07, 6.45) is 6.72. The highest BCUT2D eigenvalue weighted by Gasteiger charge is 2.46. The average molecular weight is 418 g/mol. The molecule has 1 aliphatic heterocycles. The van der Waals surface area contributed by atoms with Crippen molar-refractivity contribution >= 4 is 11.6 Å². The van der Waals surface area contributed by atoms with Gasteiger partial charge >= 0.3 is 0 Å². The standard InChI is InChI=1S/C24H26N4O3/c1-31-23-19(15-25)20(11-13-26-23)28-14-12-24(21(29)16-28,18-9-3-2-4-10-18)27-22(30)17-7-5-6-8-17/h2-6,9-11,13,17,21,29H,7-8,12,14,16H2,1H3,(H,27,30)/t21-,24-/m1/s1. The summed E-state index contributed by atoms with van der Waals surface area (Å²) in [6.45, 7) is 0.816. The smallest absolute Gasteiger partial charge is 0.233 e. The zero-order chi connectivity index (χ0) is 21.8. The quantitative estimate of drug-likeness (QED) is 0.724. The Morgan fingerprint density at radius 3 is 2.68 bits per heavy atom. The maximum absolute atomic E-state index is 13.0. The van der Waals surface area contributed by atoms with E-state index in [2.05, 4.69) is 16.4 Å². The summed E-state index contributed by atoms with van der Waals surface area (Å²) in [5, 5.41) is 24.2. The second-order valence-corrected chi connectivity index (χ2v) is 8.00. The average Bonchev–Trinajstić information content (AvgIpc) is 3.35. The molecular weight excluding hydrogens is 392 g/mol. The Morgan fingerprint density at radius 1 is 1.29 bits per heavy atom. The molecule has 1 aromatic heterocycles. The molecule has 2 aromatic rings. The van der Waals surface area contributed by atoms with Gasteiger partial charge in [-0.25, -0.2) is 4.98 Å². The Morgan fingerprint density at radius 2 is 2.03 bits per heavy atom. The number of carbonyl (C=O) groups excluding carboxylic acids is 1. The molecule has 160 valence electrons. The maximum atomic E-state index is 13.0. The van der Waals surface area contributed by atoms with E-state index in [1.54, 1.807) is 12.3 Å². The van der Waals surface area contributed by atoms with Crippen molar-refractivity contribution in [2.24, 2.45) is 5.92 Å². The summed E-state index contributed by atoms with van der Waals surface area (Å²) in [6, 6.07) is 13.6. The van der Waals surface area contributed by atoms with Crippen LogP contribution < -0.4 is 15.0 Å². The minimum Gasteiger partial charge on any atom is -0.480 e. The summed E-state index contributed by atoms with van der Waals surface area (Å²) in [5.74, 6) is 0.126. The van der Waals surface area contributed by atoms with E-state index in [4.69, 9.17) is 4.74 Å². The van der Waals surface area contributed by atoms with E-state index >= 15 is 0 Å². The van der Waals surface area contributed by atoms with Crippen LogP contribution in [0.1, 0.15) is 30.4 Å². The molecule has 0 unspecified atom stereocenters. The lowest BCUT2D eigenvalue weighted by Gasteiger charge is -2.47. The van der Waals surface area contributed by atoms with Gasteiger partial charge in [-0.2, -0.15) is 5.26 Å². The summed E-state index contributed by atoms with van der Waals surface area (Å²) in [7, 11) is 1.48. The maximum Gasteiger partial charge on any atom is 0.233 e. The first-order chi connectivity index (χ1) is 15.1. The number of nitriles is 1. The van der Waals surface area contributed by atoms with Gasteiger partial charge in [0.05, 0.1) is 24.4 Å². The number of rotatable bonds is 5. The molecule has 2 heterocycles. The van der Waals surface area contributed by atoms with Crippen LogP contribution in [0.2, 0.25) is 0 Å². The number of aliphatic hydroxyl groups is 1. The van der Waals surface area contributed by atoms with E-state index in [1.807, 2.05) is 47.4 Å². The van der Waals surface area contributed by atoms with Crippen molar-refractivity contribution in [3.05, 3.63) is 65.9 Å². The number of allylic oxidation sites excluding steroid dienone is 2. The lowest BCUT2D eigenvalue weighted by molar-refractivity contribution is -0.129. The first-order valence-corrected chi connectivity index (χ1v) is 10.5. The highest BCUT2D eigenvalue weighted by molar-refractivity contribution is 5.80. The number of methoxy groups -OCH3 is 1. The van der Waals surface area contributed by atoms with Crippen LogP contribution in [-0.4, -0.2) is 42.3 Å². The monoisotopic (exact) mass is 418 g/mol. The van der Waals surface area contributed by atoms with Crippen molar-refractivity contribution in [2.45, 2.75) is 30.9 Å². The van der Waals surface area contributed by atoms with Crippen LogP contribution >= 0.6 is 0 Å². The van der Waals surface area contributed by atoms with Crippen LogP contribution in [0, 0.1) is 17.2 Å². The lowest BCUT2D eigenvalue weighted by Crippen LogP contribution is -2.62. The number of nitrogens with one attached hydrogen (secondary N) is 1. The SMILES string of the molecule is COc1nccc(N2CC[C@@](NC(=O)C3CC=CC3)(c3ccccc3)[C@H](O)C2)c1C#N. The third kappa shape index (κ3) is 3.87. The summed E-state index contributed by atoms with van der Waals surface area (Å²) in [4.78, 5) is 19.1. The van der Waals surface area contributed by atoms with Crippen LogP contribution in [0.4, 0.5) is 5.69 Å². The molecule has 2 atom stereocenters. The molecule has 1 aliphatic carbocycles. The Hall–Kier alpha value is -3.37. The largest absolute Gasteiger partial charge is 0.480 e. The molecule has 1 amide bonds. The van der Waals surface area contributed by atoms with Crippen molar-refractivity contribution < 1.29 is 14.6 Å². The molecule has 2 N–H and O–H groups in total. The Balaban J connectivity index is 1.64. The number of anilines is 1. The molecule has 0 spiro atoms. The molecule has 0 radical (unpaired) electrons. The number of aromatic nitrogens is 1. The number of nitrogens with zero attached hydrogens (tertiary/aromatic N) is 3. The van der Waals surface area contributed by atoms with Gasteiger partial charge < -0.3 is 20.1 Å². The van der Waals surface area contributed by atoms with Crippen molar-refractivity contribution in [1.82, 2.24) is 10.3 Å². The van der Waals surface area contributed by atoms with E-state index in [0.29, 0.717) is 24.2 Å². The molecule has 1 saturated heterocycles. The van der Waals surface area contributed by atoms with E-state index in [1.165, 1.54) is 7.11 Å². The molecule has 7 heteroatoms. The number of hydrogen-bond acceptors (Lipinski definition) is 6. The van der Waals surface area contributed by atoms with Crippen molar-refractivity contribution in [2.75, 3.05) is 25.1 Å². The van der Waals surface area contributed by atoms with Gasteiger partial charge in [0.25, 0.3) is 0 Å². The topological polar surface area (TPSA) is 98.5 Å². The highest BCUT2D eigenvalue weighted by Crippen LogP contribution is 2.37. The number of carbonyl (C=O) groups is 1. The van der Waals surface area contributed by atoms with E-state index in [-0.39, 0.29) is 24.2 Å². The van der Waals surface area contributed by atoms with Gasteiger partial charge in [0.2, 0.25) is 11.8 Å². The fraction of sp³-hybridized carbons (Fsp3) is 0.375. The molecule has 1 aromatic carbocycles. The number of β-amino-alcohol motifs (C(OH)–C–C–N with tert-alkyl or cyclic N) is 1. The Kier molecular flexibility index (Phi) is 5.92. The van der Waals surface area contributed by atoms with Crippen LogP contribution in [0.15, 0.2) is 54.7 Å². The van der Waals surface area contributed by atoms with Crippen LogP contribution in [0.5, 0.6) is 5.88 Å². The number of piperidine rings is 1. The molecule has 2 aliphatic rings. The number of amides is 1. The lowest BCUT2D eigenvalue weighted by atomic mass is 9.78. The number of benzene rings is 1. The van der Waals surface area contributed by atoms with E-state index < -0.39 is 11.6 Å². The summed E-state index contributed by atoms with van der Waals surface area (Å²) >= 11 is 0. The molecule has 1 fully saturated rings. The molecular formula is C24H26N4O3. The zero-order valence-corrected chi connectivity index (χ0v) is 17.5. The van der Waals surface area contributed by atoms with Gasteiger partial charge in [0.15, 0.2) is 0 Å². The third-order valence-corrected chi connectivity index (χ3v) is 6.29. The number of pyridine rings is 1. The summed E-state index contributed by atoms with van der Waals surface area (Å²) in [5.41, 5.74) is 1.00. The van der Waals surface area contributed by atoms with Crippen molar-refractivity contribution in [3.8, 4) is 11.9 Å². The first kappa shape index (κ1) is 20.9. The predicted molar refractivity (Wildman–Crippen MR) is 116 cm³/mol. The fourth-order valence-electron chi connectivity index (χ4n) is 4.55. The molecule has 31 heavy (non-hydrogen) atoms. The second-order valence-electron chi connectivity index (χ2n) is 8.00. The first-order valence-electron chi connectivity index (χ1n) is 10.5. The number of aliphatic hydroxyl groups excluding tert-OH is 1. The Bertz CT molecular complexity index is 1010. The molecule has 0 bridgehead atoms. The normalized spacial score (nSPS) is 23.4. The van der Waals surface area contributed by atoms with Crippen LogP contribution in [-0.2, 0) is 10.3 Å². The number of ether oxygens (including phenoxy) is 1. The van der Waals surface area contributed by atoms with Gasteiger partial charge in [-0.1, -0.05) is 42.5 Å². The second kappa shape index (κ2) is 8.78. The van der Waals surface area contributed by atoms with Crippen molar-refractivity contribution in [3.63, 3.8) is 0 Å². The zero-order valence-electron chi connectivity index (χ0n) is 17.5. The highest BCUT2D eigenvalue weighted by atomic mass is 16.5. The van der Waals surface area contributed by atoms with Gasteiger partial charge in [0, 0.05) is 25.2 Å². The van der Waals surface area contributed by atoms with E-state index in [0.717, 1.165) is 18.4 Å². The van der Waals surface area contributed by atoms with Crippen molar-refractivity contribution in [1.29, 1.82) is 5.26 Å². The fourth-order valence-corrected chi connectivity index (χ4v) is 4.55. The predicted octanol–water partition coefficient (Wildman–Crippen LogP) is 2.51. The molecule has 0 saturated carbocycles. The van der Waals surface area contributed by atoms with Gasteiger partial charge in [-0.15, -0.1) is 0 Å². The van der Waals surface area contributed by atoms with Crippen LogP contribution in [0.3, 0.4) is 0 Å². The molecule has 7 nitrogen and oxygen atoms in total. The van der Waals surface area contributed by atoms with E-state index in [9.17, 15) is 15.2 Å². The minimum atomic E-state index is -0.888.